The Morgan fingerprint density at radius 1 is 0.826 bits per heavy atom. The number of nitrogens with two attached hydrogens (primary N) is 2. The highest BCUT2D eigenvalue weighted by atomic mass is 28.4. The van der Waals surface area contributed by atoms with E-state index in [-0.39, 0.29) is 0 Å². The molecule has 0 heterocycles. The van der Waals surface area contributed by atoms with Crippen LogP contribution in [0.4, 0.5) is 11.4 Å². The Labute approximate surface area is 143 Å². The first kappa shape index (κ1) is 17.8. The molecule has 0 amide bonds. The van der Waals surface area contributed by atoms with Crippen molar-refractivity contribution in [2.75, 3.05) is 18.5 Å². The Morgan fingerprint density at radius 2 is 1.22 bits per heavy atom. The minimum atomic E-state index is -1.48. The molecule has 0 aliphatic heterocycles. The summed E-state index contributed by atoms with van der Waals surface area (Å²) in [5.74, 6) is 0. The maximum absolute atomic E-state index is 6.03. The third-order valence-corrected chi connectivity index (χ3v) is 12.6. The van der Waals surface area contributed by atoms with Crippen molar-refractivity contribution in [3.63, 3.8) is 0 Å². The zero-order valence-electron chi connectivity index (χ0n) is 15.1. The van der Waals surface area contributed by atoms with Gasteiger partial charge in [-0.3, -0.25) is 0 Å². The molecule has 5 heteroatoms. The summed E-state index contributed by atoms with van der Waals surface area (Å²) in [7, 11) is -0.609. The van der Waals surface area contributed by atoms with Gasteiger partial charge in [0.2, 0.25) is 0 Å². The number of hydrogen-bond donors (Lipinski definition) is 2. The Bertz CT molecular complexity index is 656. The summed E-state index contributed by atoms with van der Waals surface area (Å²) >= 11 is 0. The Kier molecular flexibility index (Phi) is 5.03. The molecule has 2 rings (SSSR count). The van der Waals surface area contributed by atoms with Crippen molar-refractivity contribution in [2.45, 2.75) is 33.5 Å². The second kappa shape index (κ2) is 6.51. The lowest BCUT2D eigenvalue weighted by Gasteiger charge is -2.37. The number of rotatable bonds is 4. The molecule has 0 aliphatic rings. The third-order valence-electron chi connectivity index (χ3n) is 4.66. The van der Waals surface area contributed by atoms with Gasteiger partial charge in [-0.25, -0.2) is 0 Å². The van der Waals surface area contributed by atoms with Gasteiger partial charge in [-0.15, -0.1) is 0 Å². The van der Waals surface area contributed by atoms with E-state index in [0.717, 1.165) is 22.5 Å². The van der Waals surface area contributed by atoms with Gasteiger partial charge < -0.3 is 15.7 Å². The van der Waals surface area contributed by atoms with E-state index in [2.05, 4.69) is 69.0 Å². The molecular weight excluding hydrogens is 314 g/mol. The van der Waals surface area contributed by atoms with Crippen LogP contribution in [0.1, 0.15) is 11.1 Å². The molecular formula is C18H29N3Si2. The standard InChI is InChI=1S/C18H29N3Si2/c1-13-11-15(7-9-17(13)19)22(21(3)23(4,5)6)16-8-10-18(20)14(2)12-16/h7-12,22H,19-20H2,1-6H3. The summed E-state index contributed by atoms with van der Waals surface area (Å²) in [5, 5.41) is 2.84. The van der Waals surface area contributed by atoms with Gasteiger partial charge in [0.25, 0.3) is 0 Å². The molecule has 2 aromatic carbocycles. The highest BCUT2D eigenvalue weighted by Crippen LogP contribution is 2.14. The minimum absolute atomic E-state index is 0.866. The van der Waals surface area contributed by atoms with Crippen molar-refractivity contribution in [3.05, 3.63) is 47.5 Å². The van der Waals surface area contributed by atoms with Gasteiger partial charge in [0.05, 0.1) is 0 Å². The zero-order valence-corrected chi connectivity index (χ0v) is 17.3. The van der Waals surface area contributed by atoms with E-state index in [9.17, 15) is 0 Å². The molecule has 3 nitrogen and oxygen atoms in total. The highest BCUT2D eigenvalue weighted by molar-refractivity contribution is 6.93. The maximum Gasteiger partial charge on any atom is 0.169 e. The average Bonchev–Trinajstić information content (AvgIpc) is 2.45. The fourth-order valence-electron chi connectivity index (χ4n) is 2.76. The molecule has 0 saturated heterocycles. The van der Waals surface area contributed by atoms with Crippen LogP contribution in [0.5, 0.6) is 0 Å². The molecule has 0 fully saturated rings. The summed E-state index contributed by atoms with van der Waals surface area (Å²) in [5.41, 5.74) is 16.1. The predicted octanol–water partition coefficient (Wildman–Crippen LogP) is 2.07. The van der Waals surface area contributed by atoms with E-state index in [1.807, 2.05) is 12.1 Å². The molecule has 2 aromatic rings. The molecule has 124 valence electrons. The first-order valence-electron chi connectivity index (χ1n) is 8.06. The van der Waals surface area contributed by atoms with Crippen LogP contribution in [0.2, 0.25) is 19.6 Å². The summed E-state index contributed by atoms with van der Waals surface area (Å²) in [6.45, 7) is 11.4. The molecule has 4 N–H and O–H groups in total. The van der Waals surface area contributed by atoms with E-state index in [4.69, 9.17) is 11.5 Å². The quantitative estimate of drug-likeness (QED) is 0.660. The van der Waals surface area contributed by atoms with E-state index in [1.165, 1.54) is 10.4 Å². The van der Waals surface area contributed by atoms with Crippen molar-refractivity contribution < 1.29 is 0 Å². The first-order chi connectivity index (χ1) is 10.6. The van der Waals surface area contributed by atoms with Crippen molar-refractivity contribution >= 4 is 38.9 Å². The molecule has 0 aliphatic carbocycles. The predicted molar refractivity (Wildman–Crippen MR) is 109 cm³/mol. The highest BCUT2D eigenvalue weighted by Gasteiger charge is 2.31. The Morgan fingerprint density at radius 3 is 1.52 bits per heavy atom. The molecule has 0 spiro atoms. The first-order valence-corrected chi connectivity index (χ1v) is 13.2. The Balaban J connectivity index is 2.59. The maximum atomic E-state index is 6.03. The lowest BCUT2D eigenvalue weighted by atomic mass is 10.2. The van der Waals surface area contributed by atoms with Crippen LogP contribution >= 0.6 is 0 Å². The Hall–Kier alpha value is -1.57. The van der Waals surface area contributed by atoms with Crippen LogP contribution in [-0.2, 0) is 0 Å². The van der Waals surface area contributed by atoms with Crippen LogP contribution in [0.25, 0.3) is 0 Å². The molecule has 0 unspecified atom stereocenters. The van der Waals surface area contributed by atoms with Crippen molar-refractivity contribution in [1.29, 1.82) is 0 Å². The average molecular weight is 344 g/mol. The van der Waals surface area contributed by atoms with E-state index >= 15 is 0 Å². The summed E-state index contributed by atoms with van der Waals surface area (Å²) in [6.07, 6.45) is 0. The van der Waals surface area contributed by atoms with Gasteiger partial charge in [0.1, 0.15) is 8.24 Å². The topological polar surface area (TPSA) is 55.3 Å². The largest absolute Gasteiger partial charge is 0.399 e. The van der Waals surface area contributed by atoms with E-state index in [0.29, 0.717) is 0 Å². The van der Waals surface area contributed by atoms with Gasteiger partial charge in [0.15, 0.2) is 8.96 Å². The van der Waals surface area contributed by atoms with Gasteiger partial charge in [-0.2, -0.15) is 0 Å². The molecule has 0 aromatic heterocycles. The number of anilines is 2. The van der Waals surface area contributed by atoms with Crippen LogP contribution in [-0.4, -0.2) is 28.5 Å². The molecule has 0 radical (unpaired) electrons. The lowest BCUT2D eigenvalue weighted by Crippen LogP contribution is -2.63. The van der Waals surface area contributed by atoms with E-state index < -0.39 is 17.2 Å². The second-order valence-corrected chi connectivity index (χ2v) is 15.9. The smallest absolute Gasteiger partial charge is 0.169 e. The fraction of sp³-hybridized carbons (Fsp3) is 0.333. The number of aryl methyl sites for hydroxylation is 2. The van der Waals surface area contributed by atoms with Crippen LogP contribution < -0.4 is 21.8 Å². The minimum Gasteiger partial charge on any atom is -0.399 e. The molecule has 0 saturated carbocycles. The van der Waals surface area contributed by atoms with Gasteiger partial charge in [0, 0.05) is 11.4 Å². The molecule has 0 atom stereocenters. The zero-order chi connectivity index (χ0) is 17.4. The van der Waals surface area contributed by atoms with Gasteiger partial charge >= 0.3 is 0 Å². The van der Waals surface area contributed by atoms with Gasteiger partial charge in [-0.05, 0) is 54.5 Å². The van der Waals surface area contributed by atoms with Crippen LogP contribution in [0, 0.1) is 13.8 Å². The summed E-state index contributed by atoms with van der Waals surface area (Å²) < 4.78 is 2.67. The SMILES string of the molecule is Cc1cc([SiH](c2ccc(N)c(C)c2)N(C)[Si](C)(C)C)ccc1N. The van der Waals surface area contributed by atoms with Crippen molar-refractivity contribution in [2.24, 2.45) is 0 Å². The number of hydrogen-bond acceptors (Lipinski definition) is 3. The number of nitrogens with zero attached hydrogens (tertiary/aromatic N) is 1. The van der Waals surface area contributed by atoms with Crippen LogP contribution in [0.15, 0.2) is 36.4 Å². The number of benzene rings is 2. The number of nitrogen functional groups attached to an aromatic ring is 2. The third kappa shape index (κ3) is 3.86. The van der Waals surface area contributed by atoms with Crippen LogP contribution in [0.3, 0.4) is 0 Å². The van der Waals surface area contributed by atoms with Gasteiger partial charge in [-0.1, -0.05) is 43.9 Å². The normalized spacial score (nSPS) is 12.2. The van der Waals surface area contributed by atoms with Crippen molar-refractivity contribution in [3.8, 4) is 0 Å². The summed E-state index contributed by atoms with van der Waals surface area (Å²) in [4.78, 5) is 0. The monoisotopic (exact) mass is 343 g/mol. The fourth-order valence-corrected chi connectivity index (χ4v) is 9.41. The van der Waals surface area contributed by atoms with Crippen molar-refractivity contribution in [1.82, 2.24) is 4.23 Å². The van der Waals surface area contributed by atoms with E-state index in [1.54, 1.807) is 0 Å². The molecule has 23 heavy (non-hydrogen) atoms. The lowest BCUT2D eigenvalue weighted by molar-refractivity contribution is 0.795. The summed E-state index contributed by atoms with van der Waals surface area (Å²) in [6, 6.07) is 13.1. The second-order valence-electron chi connectivity index (χ2n) is 7.42. The molecule has 0 bridgehead atoms.